The van der Waals surface area contributed by atoms with Crippen LogP contribution in [0.3, 0.4) is 0 Å². The molecule has 0 aromatic heterocycles. The first-order valence-corrected chi connectivity index (χ1v) is 13.1. The van der Waals surface area contributed by atoms with Gasteiger partial charge < -0.3 is 10.2 Å². The highest BCUT2D eigenvalue weighted by molar-refractivity contribution is 5.92. The second-order valence-corrected chi connectivity index (χ2v) is 10.3. The Morgan fingerprint density at radius 2 is 1.51 bits per heavy atom. The maximum absolute atomic E-state index is 12.7. The highest BCUT2D eigenvalue weighted by atomic mass is 16.1. The Bertz CT molecular complexity index is 1100. The molecule has 4 heteroatoms. The van der Waals surface area contributed by atoms with E-state index in [1.165, 1.54) is 36.9 Å². The topological polar surface area (TPSA) is 35.6 Å². The molecule has 0 atom stereocenters. The Hall–Kier alpha value is -3.11. The van der Waals surface area contributed by atoms with Gasteiger partial charge in [0.1, 0.15) is 0 Å². The van der Waals surface area contributed by atoms with Crippen molar-refractivity contribution >= 4 is 17.3 Å². The van der Waals surface area contributed by atoms with Gasteiger partial charge in [0.05, 0.1) is 6.42 Å². The van der Waals surface area contributed by atoms with Crippen LogP contribution < -0.4 is 10.2 Å². The lowest BCUT2D eigenvalue weighted by Gasteiger charge is -2.51. The lowest BCUT2D eigenvalue weighted by Crippen LogP contribution is -2.56. The molecule has 5 rings (SSSR count). The van der Waals surface area contributed by atoms with Crippen molar-refractivity contribution in [2.24, 2.45) is 5.92 Å². The summed E-state index contributed by atoms with van der Waals surface area (Å²) in [6, 6.07) is 29.4. The molecule has 2 aliphatic rings. The number of nitrogens with one attached hydrogen (secondary N) is 1. The molecule has 3 aromatic carbocycles. The monoisotopic (exact) mass is 467 g/mol. The van der Waals surface area contributed by atoms with Crippen LogP contribution in [0.1, 0.15) is 43.7 Å². The van der Waals surface area contributed by atoms with Crippen LogP contribution in [0.25, 0.3) is 0 Å². The van der Waals surface area contributed by atoms with Gasteiger partial charge in [-0.2, -0.15) is 0 Å². The largest absolute Gasteiger partial charge is 0.369 e. The summed E-state index contributed by atoms with van der Waals surface area (Å²) >= 11 is 0. The lowest BCUT2D eigenvalue weighted by atomic mass is 9.71. The summed E-state index contributed by atoms with van der Waals surface area (Å²) in [7, 11) is 0. The molecule has 1 N–H and O–H groups in total. The molecule has 1 saturated carbocycles. The van der Waals surface area contributed by atoms with Crippen LogP contribution in [0.5, 0.6) is 0 Å². The molecule has 1 aliphatic heterocycles. The number of carbonyl (C=O) groups excluding carboxylic acids is 1. The van der Waals surface area contributed by atoms with Crippen molar-refractivity contribution in [2.45, 2.75) is 44.6 Å². The lowest BCUT2D eigenvalue weighted by molar-refractivity contribution is -0.115. The van der Waals surface area contributed by atoms with Crippen molar-refractivity contribution in [2.75, 3.05) is 36.4 Å². The van der Waals surface area contributed by atoms with Gasteiger partial charge in [0.25, 0.3) is 0 Å². The molecular formula is C31H37N3O. The van der Waals surface area contributed by atoms with E-state index in [9.17, 15) is 4.79 Å². The van der Waals surface area contributed by atoms with E-state index in [0.717, 1.165) is 43.3 Å². The Morgan fingerprint density at radius 1 is 0.857 bits per heavy atom. The predicted molar refractivity (Wildman–Crippen MR) is 145 cm³/mol. The summed E-state index contributed by atoms with van der Waals surface area (Å²) in [6.07, 6.45) is 5.27. The minimum atomic E-state index is 0.0381. The molecular weight excluding hydrogens is 430 g/mol. The van der Waals surface area contributed by atoms with Gasteiger partial charge in [-0.05, 0) is 67.0 Å². The summed E-state index contributed by atoms with van der Waals surface area (Å²) in [5, 5.41) is 3.16. The molecule has 1 aliphatic carbocycles. The molecule has 35 heavy (non-hydrogen) atoms. The minimum absolute atomic E-state index is 0.0381. The molecule has 0 unspecified atom stereocenters. The Labute approximate surface area is 210 Å². The van der Waals surface area contributed by atoms with Crippen molar-refractivity contribution < 1.29 is 4.79 Å². The van der Waals surface area contributed by atoms with Gasteiger partial charge in [-0.15, -0.1) is 0 Å². The van der Waals surface area contributed by atoms with Gasteiger partial charge in [-0.1, -0.05) is 67.6 Å². The number of benzene rings is 3. The highest BCUT2D eigenvalue weighted by Gasteiger charge is 2.42. The highest BCUT2D eigenvalue weighted by Crippen LogP contribution is 2.45. The summed E-state index contributed by atoms with van der Waals surface area (Å²) in [6.45, 7) is 6.61. The number of anilines is 2. The first-order valence-electron chi connectivity index (χ1n) is 13.1. The van der Waals surface area contributed by atoms with Crippen LogP contribution in [-0.4, -0.2) is 37.0 Å². The molecule has 182 valence electrons. The second kappa shape index (κ2) is 10.7. The molecule has 1 amide bonds. The molecule has 1 saturated heterocycles. The van der Waals surface area contributed by atoms with Gasteiger partial charge in [-0.3, -0.25) is 9.69 Å². The van der Waals surface area contributed by atoms with Crippen LogP contribution in [0.15, 0.2) is 84.9 Å². The van der Waals surface area contributed by atoms with Crippen LogP contribution in [0.4, 0.5) is 11.4 Å². The number of para-hydroxylation sites is 1. The Kier molecular flexibility index (Phi) is 7.19. The van der Waals surface area contributed by atoms with Gasteiger partial charge in [0, 0.05) is 43.1 Å². The van der Waals surface area contributed by atoms with E-state index in [4.69, 9.17) is 0 Å². The fourth-order valence-corrected chi connectivity index (χ4v) is 5.93. The maximum atomic E-state index is 12.7. The van der Waals surface area contributed by atoms with Crippen LogP contribution in [-0.2, 0) is 16.8 Å². The van der Waals surface area contributed by atoms with Gasteiger partial charge >= 0.3 is 0 Å². The first kappa shape index (κ1) is 23.6. The molecule has 0 radical (unpaired) electrons. The molecule has 3 aromatic rings. The molecule has 0 spiro atoms. The molecule has 2 fully saturated rings. The number of hydrogen-bond acceptors (Lipinski definition) is 3. The standard InChI is InChI=1S/C31H37N3O/c1-25-15-17-31(18-16-25,34-21-19-33(20-22-34)29-13-6-3-7-14-29)27-11-8-12-28(24-27)32-30(35)23-26-9-4-2-5-10-26/h2-14,24-25H,15-23H2,1H3,(H,32,35). The van der Waals surface area contributed by atoms with E-state index in [2.05, 4.69) is 70.6 Å². The van der Waals surface area contributed by atoms with Crippen molar-refractivity contribution in [1.82, 2.24) is 4.90 Å². The van der Waals surface area contributed by atoms with Gasteiger partial charge in [0.2, 0.25) is 5.91 Å². The first-order chi connectivity index (χ1) is 17.1. The minimum Gasteiger partial charge on any atom is -0.369 e. The fraction of sp³-hybridized carbons (Fsp3) is 0.387. The number of piperazine rings is 1. The summed E-state index contributed by atoms with van der Waals surface area (Å²) < 4.78 is 0. The van der Waals surface area contributed by atoms with Gasteiger partial charge in [0.15, 0.2) is 0 Å². The van der Waals surface area contributed by atoms with Crippen molar-refractivity contribution in [1.29, 1.82) is 0 Å². The Morgan fingerprint density at radius 3 is 2.20 bits per heavy atom. The zero-order chi connectivity index (χ0) is 24.1. The van der Waals surface area contributed by atoms with E-state index in [1.807, 2.05) is 36.4 Å². The third kappa shape index (κ3) is 5.43. The smallest absolute Gasteiger partial charge is 0.228 e. The number of carbonyl (C=O) groups is 1. The maximum Gasteiger partial charge on any atom is 0.228 e. The molecule has 4 nitrogen and oxygen atoms in total. The average molecular weight is 468 g/mol. The predicted octanol–water partition coefficient (Wildman–Crippen LogP) is 6.10. The van der Waals surface area contributed by atoms with Crippen LogP contribution >= 0.6 is 0 Å². The summed E-state index contributed by atoms with van der Waals surface area (Å²) in [5.41, 5.74) is 4.67. The molecule has 0 bridgehead atoms. The number of nitrogens with zero attached hydrogens (tertiary/aromatic N) is 2. The Balaban J connectivity index is 1.33. The second-order valence-electron chi connectivity index (χ2n) is 10.3. The number of amides is 1. The third-order valence-corrected chi connectivity index (χ3v) is 8.00. The van der Waals surface area contributed by atoms with E-state index in [1.54, 1.807) is 0 Å². The fourth-order valence-electron chi connectivity index (χ4n) is 5.93. The van der Waals surface area contributed by atoms with E-state index < -0.39 is 0 Å². The van der Waals surface area contributed by atoms with Crippen molar-refractivity contribution in [3.8, 4) is 0 Å². The molecule has 1 heterocycles. The van der Waals surface area contributed by atoms with E-state index >= 15 is 0 Å². The quantitative estimate of drug-likeness (QED) is 0.476. The van der Waals surface area contributed by atoms with E-state index in [0.29, 0.717) is 6.42 Å². The third-order valence-electron chi connectivity index (χ3n) is 8.00. The van der Waals surface area contributed by atoms with Crippen LogP contribution in [0.2, 0.25) is 0 Å². The summed E-state index contributed by atoms with van der Waals surface area (Å²) in [5.74, 6) is 0.818. The van der Waals surface area contributed by atoms with Crippen molar-refractivity contribution in [3.63, 3.8) is 0 Å². The normalized spacial score (nSPS) is 23.1. The zero-order valence-electron chi connectivity index (χ0n) is 20.8. The summed E-state index contributed by atoms with van der Waals surface area (Å²) in [4.78, 5) is 18.0. The average Bonchev–Trinajstić information content (AvgIpc) is 2.91. The zero-order valence-corrected chi connectivity index (χ0v) is 20.8. The van der Waals surface area contributed by atoms with Crippen molar-refractivity contribution in [3.05, 3.63) is 96.1 Å². The SMILES string of the molecule is CC1CCC(c2cccc(NC(=O)Cc3ccccc3)c2)(N2CCN(c3ccccc3)CC2)CC1. The number of rotatable bonds is 6. The number of hydrogen-bond donors (Lipinski definition) is 1. The van der Waals surface area contributed by atoms with Gasteiger partial charge in [-0.25, -0.2) is 0 Å². The van der Waals surface area contributed by atoms with Crippen LogP contribution in [0, 0.1) is 5.92 Å². The van der Waals surface area contributed by atoms with E-state index in [-0.39, 0.29) is 11.4 Å².